The molecule has 0 amide bonds. The predicted molar refractivity (Wildman–Crippen MR) is 95.6 cm³/mol. The van der Waals surface area contributed by atoms with Crippen LogP contribution in [-0.2, 0) is 5.75 Å². The lowest BCUT2D eigenvalue weighted by molar-refractivity contribution is 0.559. The second kappa shape index (κ2) is 5.70. The Hall–Kier alpha value is -2.67. The van der Waals surface area contributed by atoms with Crippen LogP contribution < -0.4 is 5.63 Å². The summed E-state index contributed by atoms with van der Waals surface area (Å²) in [4.78, 5) is 12.0. The van der Waals surface area contributed by atoms with Gasteiger partial charge in [0.25, 0.3) is 0 Å². The third-order valence-electron chi connectivity index (χ3n) is 4.43. The fraction of sp³-hybridized carbons (Fsp3) is 0.222. The maximum atomic E-state index is 12.0. The molecule has 0 bridgehead atoms. The molecule has 1 aliphatic carbocycles. The van der Waals surface area contributed by atoms with Crippen molar-refractivity contribution < 1.29 is 4.42 Å². The van der Waals surface area contributed by atoms with Gasteiger partial charge in [-0.05, 0) is 45.7 Å². The number of hydrogen-bond acceptors (Lipinski definition) is 6. The Balaban J connectivity index is 1.60. The van der Waals surface area contributed by atoms with Gasteiger partial charge in [-0.15, -0.1) is 5.10 Å². The van der Waals surface area contributed by atoms with Crippen LogP contribution in [0.2, 0.25) is 0 Å². The van der Waals surface area contributed by atoms with Gasteiger partial charge in [0, 0.05) is 17.2 Å². The van der Waals surface area contributed by atoms with Crippen molar-refractivity contribution >= 4 is 33.5 Å². The highest BCUT2D eigenvalue weighted by molar-refractivity contribution is 7.98. The molecule has 0 spiro atoms. The molecule has 1 aliphatic rings. The summed E-state index contributed by atoms with van der Waals surface area (Å²) < 4.78 is 7.29. The molecule has 25 heavy (non-hydrogen) atoms. The Bertz CT molecular complexity index is 1150. The zero-order chi connectivity index (χ0) is 16.8. The van der Waals surface area contributed by atoms with Crippen LogP contribution >= 0.6 is 11.8 Å². The number of hydrogen-bond donors (Lipinski definition) is 0. The van der Waals surface area contributed by atoms with E-state index in [0.29, 0.717) is 17.4 Å². The maximum Gasteiger partial charge on any atom is 0.336 e. The molecule has 0 saturated heterocycles. The SMILES string of the molecule is O=c1cc(CSc2nnnn2C2CC2)c2c(ccc3ccccc32)o1. The summed E-state index contributed by atoms with van der Waals surface area (Å²) in [6, 6.07) is 14.0. The quantitative estimate of drug-likeness (QED) is 0.318. The van der Waals surface area contributed by atoms with E-state index in [2.05, 4.69) is 27.7 Å². The van der Waals surface area contributed by atoms with Gasteiger partial charge < -0.3 is 4.42 Å². The standard InChI is InChI=1S/C18H14N4O2S/c23-16-9-12(10-25-18-19-20-21-22(18)13-6-7-13)17-14-4-2-1-3-11(14)5-8-15(17)24-16/h1-5,8-9,13H,6-7,10H2. The van der Waals surface area contributed by atoms with Crippen LogP contribution in [0.5, 0.6) is 0 Å². The maximum absolute atomic E-state index is 12.0. The Morgan fingerprint density at radius 2 is 2.08 bits per heavy atom. The fourth-order valence-electron chi connectivity index (χ4n) is 3.10. The van der Waals surface area contributed by atoms with E-state index >= 15 is 0 Å². The van der Waals surface area contributed by atoms with Crippen molar-refractivity contribution in [2.75, 3.05) is 0 Å². The van der Waals surface area contributed by atoms with E-state index in [0.717, 1.165) is 39.7 Å². The van der Waals surface area contributed by atoms with Crippen molar-refractivity contribution in [2.45, 2.75) is 29.8 Å². The molecule has 1 fully saturated rings. The first kappa shape index (κ1) is 14.7. The molecule has 124 valence electrons. The molecule has 4 aromatic rings. The van der Waals surface area contributed by atoms with Gasteiger partial charge in [-0.1, -0.05) is 42.1 Å². The average molecular weight is 350 g/mol. The first-order valence-corrected chi connectivity index (χ1v) is 9.13. The molecule has 2 aromatic heterocycles. The summed E-state index contributed by atoms with van der Waals surface area (Å²) in [6.45, 7) is 0. The molecular weight excluding hydrogens is 336 g/mol. The van der Waals surface area contributed by atoms with E-state index in [9.17, 15) is 4.79 Å². The molecule has 2 aromatic carbocycles. The Morgan fingerprint density at radius 1 is 1.20 bits per heavy atom. The van der Waals surface area contributed by atoms with Gasteiger partial charge in [0.1, 0.15) is 5.58 Å². The average Bonchev–Trinajstić information content (AvgIpc) is 3.37. The normalized spacial score (nSPS) is 14.4. The van der Waals surface area contributed by atoms with Gasteiger partial charge in [0.15, 0.2) is 0 Å². The fourth-order valence-corrected chi connectivity index (χ4v) is 4.03. The number of thioether (sulfide) groups is 1. The van der Waals surface area contributed by atoms with E-state index in [-0.39, 0.29) is 5.63 Å². The number of tetrazole rings is 1. The monoisotopic (exact) mass is 350 g/mol. The van der Waals surface area contributed by atoms with Gasteiger partial charge in [0.05, 0.1) is 6.04 Å². The molecule has 2 heterocycles. The minimum atomic E-state index is -0.333. The minimum absolute atomic E-state index is 0.333. The van der Waals surface area contributed by atoms with Gasteiger partial charge in [-0.3, -0.25) is 0 Å². The lowest BCUT2D eigenvalue weighted by Gasteiger charge is -2.08. The molecule has 7 heteroatoms. The number of nitrogens with zero attached hydrogens (tertiary/aromatic N) is 4. The van der Waals surface area contributed by atoms with Crippen LogP contribution in [0.25, 0.3) is 21.7 Å². The molecule has 0 atom stereocenters. The second-order valence-electron chi connectivity index (χ2n) is 6.18. The summed E-state index contributed by atoms with van der Waals surface area (Å²) in [6.07, 6.45) is 2.25. The number of fused-ring (bicyclic) bond motifs is 3. The molecule has 0 aliphatic heterocycles. The first-order valence-electron chi connectivity index (χ1n) is 8.15. The predicted octanol–water partition coefficient (Wildman–Crippen LogP) is 3.56. The van der Waals surface area contributed by atoms with Crippen LogP contribution in [0.4, 0.5) is 0 Å². The highest BCUT2D eigenvalue weighted by Crippen LogP contribution is 2.37. The molecule has 0 unspecified atom stereocenters. The lowest BCUT2D eigenvalue weighted by Crippen LogP contribution is -2.02. The van der Waals surface area contributed by atoms with Gasteiger partial charge in [-0.2, -0.15) is 0 Å². The second-order valence-corrected chi connectivity index (χ2v) is 7.12. The summed E-state index contributed by atoms with van der Waals surface area (Å²) in [7, 11) is 0. The van der Waals surface area contributed by atoms with E-state index in [1.165, 1.54) is 0 Å². The lowest BCUT2D eigenvalue weighted by atomic mass is 10.0. The molecule has 0 radical (unpaired) electrons. The van der Waals surface area contributed by atoms with Crippen LogP contribution in [0.1, 0.15) is 24.4 Å². The zero-order valence-electron chi connectivity index (χ0n) is 13.3. The van der Waals surface area contributed by atoms with Crippen molar-refractivity contribution in [1.29, 1.82) is 0 Å². The highest BCUT2D eigenvalue weighted by Gasteiger charge is 2.28. The largest absolute Gasteiger partial charge is 0.423 e. The number of benzene rings is 2. The van der Waals surface area contributed by atoms with Crippen molar-refractivity contribution in [2.24, 2.45) is 0 Å². The smallest absolute Gasteiger partial charge is 0.336 e. The van der Waals surface area contributed by atoms with Gasteiger partial charge >= 0.3 is 5.63 Å². The Morgan fingerprint density at radius 3 is 2.96 bits per heavy atom. The van der Waals surface area contributed by atoms with Crippen molar-refractivity contribution in [3.05, 3.63) is 58.4 Å². The van der Waals surface area contributed by atoms with Crippen LogP contribution in [-0.4, -0.2) is 20.2 Å². The third kappa shape index (κ3) is 2.60. The molecular formula is C18H14N4O2S. The van der Waals surface area contributed by atoms with Gasteiger partial charge in [0.2, 0.25) is 5.16 Å². The van der Waals surface area contributed by atoms with Crippen LogP contribution in [0, 0.1) is 0 Å². The van der Waals surface area contributed by atoms with E-state index in [1.54, 1.807) is 17.8 Å². The minimum Gasteiger partial charge on any atom is -0.423 e. The van der Waals surface area contributed by atoms with Gasteiger partial charge in [-0.25, -0.2) is 9.48 Å². The van der Waals surface area contributed by atoms with E-state index < -0.39 is 0 Å². The highest BCUT2D eigenvalue weighted by atomic mass is 32.2. The molecule has 5 rings (SSSR count). The first-order chi connectivity index (χ1) is 12.3. The van der Waals surface area contributed by atoms with E-state index in [1.807, 2.05) is 28.9 Å². The summed E-state index contributed by atoms with van der Waals surface area (Å²) in [5.74, 6) is 0.614. The zero-order valence-corrected chi connectivity index (χ0v) is 14.1. The van der Waals surface area contributed by atoms with Crippen LogP contribution in [0.15, 0.2) is 56.8 Å². The van der Waals surface area contributed by atoms with Crippen LogP contribution in [0.3, 0.4) is 0 Å². The molecule has 0 N–H and O–H groups in total. The molecule has 1 saturated carbocycles. The third-order valence-corrected chi connectivity index (χ3v) is 5.41. The number of aromatic nitrogens is 4. The van der Waals surface area contributed by atoms with Crippen molar-refractivity contribution in [1.82, 2.24) is 20.2 Å². The summed E-state index contributed by atoms with van der Waals surface area (Å²) >= 11 is 1.55. The van der Waals surface area contributed by atoms with Crippen molar-refractivity contribution in [3.63, 3.8) is 0 Å². The topological polar surface area (TPSA) is 73.8 Å². The Kier molecular flexibility index (Phi) is 3.34. The van der Waals surface area contributed by atoms with E-state index in [4.69, 9.17) is 4.42 Å². The summed E-state index contributed by atoms with van der Waals surface area (Å²) in [5, 5.41) is 16.0. The molecule has 6 nitrogen and oxygen atoms in total. The number of rotatable bonds is 4. The summed E-state index contributed by atoms with van der Waals surface area (Å²) in [5.41, 5.74) is 1.22. The van der Waals surface area contributed by atoms with Crippen molar-refractivity contribution in [3.8, 4) is 0 Å². The Labute approximate surface area is 146 Å².